The minimum Gasteiger partial charge on any atom is -0.330 e. The molecule has 0 spiro atoms. The predicted octanol–water partition coefficient (Wildman–Crippen LogP) is 3.64. The molecule has 4 rings (SSSR count). The van der Waals surface area contributed by atoms with E-state index in [1.165, 1.54) is 16.2 Å². The summed E-state index contributed by atoms with van der Waals surface area (Å²) in [4.78, 5) is 35.0. The van der Waals surface area contributed by atoms with E-state index in [0.29, 0.717) is 22.0 Å². The molecule has 7 heteroatoms. The van der Waals surface area contributed by atoms with Crippen LogP contribution in [-0.4, -0.2) is 26.7 Å². The van der Waals surface area contributed by atoms with Crippen molar-refractivity contribution in [1.29, 1.82) is 0 Å². The van der Waals surface area contributed by atoms with Crippen molar-refractivity contribution in [2.45, 2.75) is 13.0 Å². The number of fused-ring (bicyclic) bond motifs is 1. The van der Waals surface area contributed by atoms with E-state index in [2.05, 4.69) is 15.3 Å². The zero-order valence-electron chi connectivity index (χ0n) is 13.3. The highest BCUT2D eigenvalue weighted by Crippen LogP contribution is 2.32. The van der Waals surface area contributed by atoms with Gasteiger partial charge in [-0.3, -0.25) is 19.5 Å². The third-order valence-corrected chi connectivity index (χ3v) is 4.85. The zero-order valence-corrected chi connectivity index (χ0v) is 14.2. The lowest BCUT2D eigenvalue weighted by atomic mass is 10.1. The van der Waals surface area contributed by atoms with E-state index in [0.717, 1.165) is 5.69 Å². The van der Waals surface area contributed by atoms with Gasteiger partial charge in [0.1, 0.15) is 0 Å². The number of hydrogen-bond acceptors (Lipinski definition) is 6. The Bertz CT molecular complexity index is 919. The molecule has 2 aromatic heterocycles. The molecule has 1 atom stereocenters. The normalized spacial score (nSPS) is 14.5. The molecule has 0 saturated carbocycles. The van der Waals surface area contributed by atoms with Crippen molar-refractivity contribution in [2.75, 3.05) is 5.32 Å². The van der Waals surface area contributed by atoms with Crippen molar-refractivity contribution in [2.24, 2.45) is 0 Å². The monoisotopic (exact) mass is 350 g/mol. The number of thiazole rings is 1. The molecule has 2 amide bonds. The van der Waals surface area contributed by atoms with Crippen LogP contribution >= 0.6 is 11.3 Å². The van der Waals surface area contributed by atoms with Crippen molar-refractivity contribution >= 4 is 34.0 Å². The summed E-state index contributed by atoms with van der Waals surface area (Å²) in [5, 5.41) is 5.71. The van der Waals surface area contributed by atoms with Gasteiger partial charge in [0.25, 0.3) is 11.8 Å². The molecular formula is C18H14N4O2S. The summed E-state index contributed by atoms with van der Waals surface area (Å²) >= 11 is 1.42. The standard InChI is InChI=1S/C18H14N4O2S/c1-11(22-16(23)13-6-2-3-7-14(13)17(22)24)15-10-25-18(21-15)20-12-5-4-8-19-9-12/h2-11H,1H3,(H,20,21). The maximum Gasteiger partial charge on any atom is 0.262 e. The van der Waals surface area contributed by atoms with E-state index in [9.17, 15) is 9.59 Å². The molecular weight excluding hydrogens is 336 g/mol. The van der Waals surface area contributed by atoms with Gasteiger partial charge in [0.15, 0.2) is 5.13 Å². The topological polar surface area (TPSA) is 75.2 Å². The van der Waals surface area contributed by atoms with Crippen LogP contribution in [0.15, 0.2) is 54.2 Å². The molecule has 0 fully saturated rings. The number of aromatic nitrogens is 2. The maximum atomic E-state index is 12.6. The molecule has 0 radical (unpaired) electrons. The summed E-state index contributed by atoms with van der Waals surface area (Å²) in [6.45, 7) is 1.81. The van der Waals surface area contributed by atoms with E-state index >= 15 is 0 Å². The number of nitrogens with zero attached hydrogens (tertiary/aromatic N) is 3. The van der Waals surface area contributed by atoms with Crippen molar-refractivity contribution in [3.63, 3.8) is 0 Å². The Balaban J connectivity index is 1.57. The maximum absolute atomic E-state index is 12.6. The Kier molecular flexibility index (Phi) is 3.77. The molecule has 6 nitrogen and oxygen atoms in total. The Morgan fingerprint density at radius 2 is 1.80 bits per heavy atom. The number of imide groups is 1. The molecule has 1 aliphatic rings. The number of nitrogens with one attached hydrogen (secondary N) is 1. The first-order valence-corrected chi connectivity index (χ1v) is 8.62. The second-order valence-corrected chi connectivity index (χ2v) is 6.50. The first kappa shape index (κ1) is 15.5. The van der Waals surface area contributed by atoms with Crippen LogP contribution in [0, 0.1) is 0 Å². The van der Waals surface area contributed by atoms with Gasteiger partial charge in [-0.05, 0) is 31.2 Å². The summed E-state index contributed by atoms with van der Waals surface area (Å²) in [6, 6.07) is 10.2. The molecule has 25 heavy (non-hydrogen) atoms. The van der Waals surface area contributed by atoms with E-state index in [1.807, 2.05) is 24.4 Å². The van der Waals surface area contributed by atoms with Crippen LogP contribution in [0.5, 0.6) is 0 Å². The van der Waals surface area contributed by atoms with Crippen LogP contribution < -0.4 is 5.32 Å². The highest BCUT2D eigenvalue weighted by Gasteiger charge is 2.39. The fourth-order valence-corrected chi connectivity index (χ4v) is 3.60. The highest BCUT2D eigenvalue weighted by molar-refractivity contribution is 7.13. The van der Waals surface area contributed by atoms with Gasteiger partial charge >= 0.3 is 0 Å². The predicted molar refractivity (Wildman–Crippen MR) is 95.0 cm³/mol. The van der Waals surface area contributed by atoms with Crippen molar-refractivity contribution < 1.29 is 9.59 Å². The molecule has 3 heterocycles. The summed E-state index contributed by atoms with van der Waals surface area (Å²) < 4.78 is 0. The zero-order chi connectivity index (χ0) is 17.4. The van der Waals surface area contributed by atoms with Gasteiger partial charge in [-0.2, -0.15) is 0 Å². The van der Waals surface area contributed by atoms with Crippen molar-refractivity contribution in [3.05, 3.63) is 71.0 Å². The summed E-state index contributed by atoms with van der Waals surface area (Å²) in [5.74, 6) is -0.550. The Morgan fingerprint density at radius 1 is 1.08 bits per heavy atom. The average molecular weight is 350 g/mol. The largest absolute Gasteiger partial charge is 0.330 e. The van der Waals surface area contributed by atoms with E-state index < -0.39 is 6.04 Å². The number of amides is 2. The molecule has 0 bridgehead atoms. The lowest BCUT2D eigenvalue weighted by molar-refractivity contribution is 0.0592. The lowest BCUT2D eigenvalue weighted by Crippen LogP contribution is -2.32. The fraction of sp³-hybridized carbons (Fsp3) is 0.111. The van der Waals surface area contributed by atoms with E-state index in [4.69, 9.17) is 0 Å². The number of carbonyl (C=O) groups is 2. The van der Waals surface area contributed by atoms with Crippen LogP contribution in [0.25, 0.3) is 0 Å². The van der Waals surface area contributed by atoms with Gasteiger partial charge in [-0.1, -0.05) is 12.1 Å². The fourth-order valence-electron chi connectivity index (χ4n) is 2.79. The van der Waals surface area contributed by atoms with E-state index in [1.54, 1.807) is 36.7 Å². The van der Waals surface area contributed by atoms with E-state index in [-0.39, 0.29) is 11.8 Å². The van der Waals surface area contributed by atoms with Gasteiger partial charge in [0.05, 0.1) is 34.7 Å². The Labute approximate surface area is 148 Å². The third kappa shape index (κ3) is 2.68. The van der Waals surface area contributed by atoms with Crippen LogP contribution in [0.4, 0.5) is 10.8 Å². The molecule has 3 aromatic rings. The van der Waals surface area contributed by atoms with Gasteiger partial charge < -0.3 is 5.32 Å². The number of hydrogen-bond donors (Lipinski definition) is 1. The lowest BCUT2D eigenvalue weighted by Gasteiger charge is -2.20. The molecule has 1 aromatic carbocycles. The summed E-state index contributed by atoms with van der Waals surface area (Å²) in [6.07, 6.45) is 3.40. The smallest absolute Gasteiger partial charge is 0.262 e. The number of benzene rings is 1. The summed E-state index contributed by atoms with van der Waals surface area (Å²) in [5.41, 5.74) is 2.40. The van der Waals surface area contributed by atoms with Crippen LogP contribution in [0.3, 0.4) is 0 Å². The SMILES string of the molecule is CC(c1csc(Nc2cccnc2)n1)N1C(=O)c2ccccc2C1=O. The quantitative estimate of drug-likeness (QED) is 0.727. The first-order valence-electron chi connectivity index (χ1n) is 7.74. The number of rotatable bonds is 4. The van der Waals surface area contributed by atoms with Gasteiger partial charge in [0, 0.05) is 11.6 Å². The van der Waals surface area contributed by atoms with Crippen LogP contribution in [0.1, 0.15) is 39.4 Å². The van der Waals surface area contributed by atoms with Gasteiger partial charge in [0.2, 0.25) is 0 Å². The minimum atomic E-state index is -0.437. The first-order chi connectivity index (χ1) is 12.1. The number of pyridine rings is 1. The highest BCUT2D eigenvalue weighted by atomic mass is 32.1. The average Bonchev–Trinajstić information content (AvgIpc) is 3.20. The molecule has 0 saturated heterocycles. The number of anilines is 2. The number of carbonyl (C=O) groups excluding carboxylic acids is 2. The second-order valence-electron chi connectivity index (χ2n) is 5.65. The summed E-state index contributed by atoms with van der Waals surface area (Å²) in [7, 11) is 0. The molecule has 1 aliphatic heterocycles. The molecule has 124 valence electrons. The van der Waals surface area contributed by atoms with Crippen molar-refractivity contribution in [3.8, 4) is 0 Å². The van der Waals surface area contributed by atoms with Crippen LogP contribution in [-0.2, 0) is 0 Å². The molecule has 0 aliphatic carbocycles. The second kappa shape index (κ2) is 6.10. The van der Waals surface area contributed by atoms with Crippen molar-refractivity contribution in [1.82, 2.24) is 14.9 Å². The third-order valence-electron chi connectivity index (χ3n) is 4.08. The van der Waals surface area contributed by atoms with Crippen LogP contribution in [0.2, 0.25) is 0 Å². The Morgan fingerprint density at radius 3 is 2.44 bits per heavy atom. The Hall–Kier alpha value is -3.06. The van der Waals surface area contributed by atoms with Gasteiger partial charge in [-0.25, -0.2) is 4.98 Å². The molecule has 1 N–H and O–H groups in total. The molecule has 1 unspecified atom stereocenters. The van der Waals surface area contributed by atoms with Gasteiger partial charge in [-0.15, -0.1) is 11.3 Å². The minimum absolute atomic E-state index is 0.275.